The average molecular weight is 790 g/mol. The van der Waals surface area contributed by atoms with Gasteiger partial charge in [-0.1, -0.05) is 176 Å². The molecule has 0 radical (unpaired) electrons. The van der Waals surface area contributed by atoms with E-state index in [4.69, 9.17) is 4.42 Å². The van der Waals surface area contributed by atoms with Crippen LogP contribution in [-0.4, -0.2) is 0 Å². The first kappa shape index (κ1) is 35.7. The number of furan rings is 1. The van der Waals surface area contributed by atoms with Gasteiger partial charge in [-0.05, 0) is 137 Å². The zero-order valence-electron chi connectivity index (χ0n) is 33.9. The molecule has 0 spiro atoms. The lowest BCUT2D eigenvalue weighted by molar-refractivity contribution is 0.669. The number of para-hydroxylation sites is 1. The smallest absolute Gasteiger partial charge is 0.135 e. The molecular formula is C60H39NO. The highest BCUT2D eigenvalue weighted by Crippen LogP contribution is 2.46. The number of hydrogen-bond donors (Lipinski definition) is 0. The summed E-state index contributed by atoms with van der Waals surface area (Å²) in [4.78, 5) is 2.36. The second-order valence-electron chi connectivity index (χ2n) is 16.1. The van der Waals surface area contributed by atoms with Gasteiger partial charge < -0.3 is 9.32 Å². The fraction of sp³-hybridized carbons (Fsp3) is 0. The minimum absolute atomic E-state index is 0.879. The molecule has 1 aromatic heterocycles. The molecule has 0 atom stereocenters. The number of nitrogens with zero attached hydrogens (tertiary/aromatic N) is 1. The van der Waals surface area contributed by atoms with Gasteiger partial charge in [-0.15, -0.1) is 0 Å². The van der Waals surface area contributed by atoms with E-state index in [1.807, 2.05) is 12.1 Å². The zero-order valence-corrected chi connectivity index (χ0v) is 33.9. The van der Waals surface area contributed by atoms with Crippen LogP contribution < -0.4 is 4.90 Å². The van der Waals surface area contributed by atoms with Crippen molar-refractivity contribution < 1.29 is 4.42 Å². The lowest BCUT2D eigenvalue weighted by Crippen LogP contribution is -2.10. The number of anilines is 3. The van der Waals surface area contributed by atoms with E-state index in [1.165, 1.54) is 65.7 Å². The molecule has 0 aliphatic heterocycles. The summed E-state index contributed by atoms with van der Waals surface area (Å²) < 4.78 is 6.28. The molecule has 0 N–H and O–H groups in total. The Labute approximate surface area is 360 Å². The van der Waals surface area contributed by atoms with Crippen molar-refractivity contribution in [3.05, 3.63) is 237 Å². The van der Waals surface area contributed by atoms with E-state index < -0.39 is 0 Å². The highest BCUT2D eigenvalue weighted by Gasteiger charge is 2.20. The lowest BCUT2D eigenvalue weighted by atomic mass is 9.84. The fourth-order valence-corrected chi connectivity index (χ4v) is 9.48. The summed E-state index contributed by atoms with van der Waals surface area (Å²) in [7, 11) is 0. The Morgan fingerprint density at radius 1 is 0.242 bits per heavy atom. The van der Waals surface area contributed by atoms with Gasteiger partial charge in [-0.25, -0.2) is 0 Å². The molecule has 0 amide bonds. The van der Waals surface area contributed by atoms with Crippen molar-refractivity contribution >= 4 is 71.3 Å². The molecule has 2 nitrogen and oxygen atoms in total. The summed E-state index contributed by atoms with van der Waals surface area (Å²) in [6.07, 6.45) is 0. The maximum absolute atomic E-state index is 6.28. The Morgan fingerprint density at radius 3 is 1.56 bits per heavy atom. The standard InChI is InChI=1S/C60H39NO/c1-3-15-42(16-4-1)59-54-24-10-9-22-51(54)52-34-30-47(38-56(52)60(59)43-17-5-2-6-18-43)41-28-31-48(32-29-41)61(50-33-35-58-55(39-50)53-23-11-12-25-57(53)62-58)49-21-13-20-45(37-49)46-27-26-40-14-7-8-19-44(40)36-46/h1-39H. The van der Waals surface area contributed by atoms with E-state index >= 15 is 0 Å². The van der Waals surface area contributed by atoms with Crippen LogP contribution in [0.2, 0.25) is 0 Å². The predicted molar refractivity (Wildman–Crippen MR) is 263 cm³/mol. The molecule has 0 bridgehead atoms. The van der Waals surface area contributed by atoms with Gasteiger partial charge in [0.1, 0.15) is 11.2 Å². The minimum Gasteiger partial charge on any atom is -0.456 e. The molecule has 0 unspecified atom stereocenters. The normalized spacial score (nSPS) is 11.5. The summed E-state index contributed by atoms with van der Waals surface area (Å²) in [5.41, 5.74) is 14.6. The Bertz CT molecular complexity index is 3620. The summed E-state index contributed by atoms with van der Waals surface area (Å²) in [6.45, 7) is 0. The van der Waals surface area contributed by atoms with Gasteiger partial charge in [0.05, 0.1) is 0 Å². The monoisotopic (exact) mass is 789 g/mol. The number of benzene rings is 11. The van der Waals surface area contributed by atoms with Gasteiger partial charge in [0, 0.05) is 27.8 Å². The van der Waals surface area contributed by atoms with Crippen molar-refractivity contribution in [3.8, 4) is 44.5 Å². The first-order valence-electron chi connectivity index (χ1n) is 21.2. The average Bonchev–Trinajstić information content (AvgIpc) is 3.72. The summed E-state index contributed by atoms with van der Waals surface area (Å²) in [5.74, 6) is 0. The fourth-order valence-electron chi connectivity index (χ4n) is 9.48. The van der Waals surface area contributed by atoms with E-state index in [2.05, 4.69) is 229 Å². The van der Waals surface area contributed by atoms with Crippen LogP contribution >= 0.6 is 0 Å². The highest BCUT2D eigenvalue weighted by atomic mass is 16.3. The van der Waals surface area contributed by atoms with E-state index in [9.17, 15) is 0 Å². The van der Waals surface area contributed by atoms with E-state index in [0.29, 0.717) is 0 Å². The van der Waals surface area contributed by atoms with Crippen LogP contribution in [0.15, 0.2) is 241 Å². The SMILES string of the molecule is c1ccc(-c2c(-c3ccccc3)c3cc(-c4ccc(N(c5cccc(-c6ccc7ccccc7c6)c5)c5ccc6oc7ccccc7c6c5)cc4)ccc3c3ccccc23)cc1. The van der Waals surface area contributed by atoms with Crippen molar-refractivity contribution in [2.24, 2.45) is 0 Å². The number of rotatable bonds is 7. The van der Waals surface area contributed by atoms with Gasteiger partial charge in [-0.2, -0.15) is 0 Å². The molecule has 0 saturated heterocycles. The van der Waals surface area contributed by atoms with Crippen molar-refractivity contribution in [2.45, 2.75) is 0 Å². The Morgan fingerprint density at radius 2 is 0.774 bits per heavy atom. The Balaban J connectivity index is 1.01. The third-order valence-electron chi connectivity index (χ3n) is 12.4. The van der Waals surface area contributed by atoms with Gasteiger partial charge in [0.25, 0.3) is 0 Å². The topological polar surface area (TPSA) is 16.4 Å². The quantitative estimate of drug-likeness (QED) is 0.150. The van der Waals surface area contributed by atoms with Crippen LogP contribution in [0.1, 0.15) is 0 Å². The first-order chi connectivity index (χ1) is 30.7. The van der Waals surface area contributed by atoms with Crippen molar-refractivity contribution in [1.82, 2.24) is 0 Å². The maximum Gasteiger partial charge on any atom is 0.135 e. The molecule has 2 heteroatoms. The van der Waals surface area contributed by atoms with Crippen LogP contribution in [0.3, 0.4) is 0 Å². The zero-order chi connectivity index (χ0) is 41.0. The van der Waals surface area contributed by atoms with Gasteiger partial charge in [0.2, 0.25) is 0 Å². The largest absolute Gasteiger partial charge is 0.456 e. The molecule has 1 heterocycles. The maximum atomic E-state index is 6.28. The molecule has 0 aliphatic rings. The van der Waals surface area contributed by atoms with Crippen LogP contribution in [0.25, 0.3) is 98.8 Å². The van der Waals surface area contributed by atoms with Crippen LogP contribution in [-0.2, 0) is 0 Å². The molecule has 0 saturated carbocycles. The number of fused-ring (bicyclic) bond motifs is 7. The van der Waals surface area contributed by atoms with Gasteiger partial charge in [-0.3, -0.25) is 0 Å². The third kappa shape index (κ3) is 6.12. The number of hydrogen-bond acceptors (Lipinski definition) is 2. The second-order valence-corrected chi connectivity index (χ2v) is 16.1. The molecule has 11 aromatic carbocycles. The van der Waals surface area contributed by atoms with Gasteiger partial charge in [0.15, 0.2) is 0 Å². The molecule has 0 fully saturated rings. The molecule has 62 heavy (non-hydrogen) atoms. The van der Waals surface area contributed by atoms with E-state index in [1.54, 1.807) is 0 Å². The van der Waals surface area contributed by atoms with Crippen LogP contribution in [0.4, 0.5) is 17.1 Å². The second kappa shape index (κ2) is 14.8. The van der Waals surface area contributed by atoms with E-state index in [0.717, 1.165) is 50.1 Å². The van der Waals surface area contributed by atoms with E-state index in [-0.39, 0.29) is 0 Å². The molecule has 0 aliphatic carbocycles. The molecular weight excluding hydrogens is 751 g/mol. The molecule has 290 valence electrons. The van der Waals surface area contributed by atoms with Crippen molar-refractivity contribution in [1.29, 1.82) is 0 Å². The minimum atomic E-state index is 0.879. The Hall–Kier alpha value is -8.20. The summed E-state index contributed by atoms with van der Waals surface area (Å²) in [6, 6.07) is 85.6. The highest BCUT2D eigenvalue weighted by molar-refractivity contribution is 6.22. The third-order valence-corrected chi connectivity index (χ3v) is 12.4. The predicted octanol–water partition coefficient (Wildman–Crippen LogP) is 17.2. The van der Waals surface area contributed by atoms with Gasteiger partial charge >= 0.3 is 0 Å². The van der Waals surface area contributed by atoms with Crippen molar-refractivity contribution in [3.63, 3.8) is 0 Å². The van der Waals surface area contributed by atoms with Crippen LogP contribution in [0.5, 0.6) is 0 Å². The molecule has 12 rings (SSSR count). The molecule has 12 aromatic rings. The summed E-state index contributed by atoms with van der Waals surface area (Å²) in [5, 5.41) is 9.68. The first-order valence-corrected chi connectivity index (χ1v) is 21.2. The van der Waals surface area contributed by atoms with Crippen LogP contribution in [0, 0.1) is 0 Å². The summed E-state index contributed by atoms with van der Waals surface area (Å²) >= 11 is 0. The Kier molecular flexibility index (Phi) is 8.53. The van der Waals surface area contributed by atoms with Crippen molar-refractivity contribution in [2.75, 3.05) is 4.90 Å². The lowest BCUT2D eigenvalue weighted by Gasteiger charge is -2.26.